The summed E-state index contributed by atoms with van der Waals surface area (Å²) >= 11 is 0. The highest BCUT2D eigenvalue weighted by molar-refractivity contribution is 5.78. The molecule has 2 aliphatic heterocycles. The SMILES string of the molecule is CC.Cc1cnc(C2CCC2)c(C(C(=O)OC(C)(C)C)N2CC[C@@H](C(F)CCCCc3ccc4c(n3)NCCC4)C2)c1.[HH]. The summed E-state index contributed by atoms with van der Waals surface area (Å²) in [5.41, 5.74) is 4.82. The van der Waals surface area contributed by atoms with Gasteiger partial charge in [-0.2, -0.15) is 0 Å². The Labute approximate surface area is 254 Å². The number of aryl methyl sites for hydroxylation is 3. The van der Waals surface area contributed by atoms with Crippen LogP contribution < -0.4 is 5.32 Å². The fourth-order valence-electron chi connectivity index (χ4n) is 6.41. The van der Waals surface area contributed by atoms with Crippen molar-refractivity contribution in [2.24, 2.45) is 5.92 Å². The van der Waals surface area contributed by atoms with Gasteiger partial charge >= 0.3 is 5.97 Å². The lowest BCUT2D eigenvalue weighted by Crippen LogP contribution is -2.38. The Hall–Kier alpha value is -2.54. The highest BCUT2D eigenvalue weighted by Gasteiger charge is 2.41. The molecule has 2 aromatic heterocycles. The van der Waals surface area contributed by atoms with Crippen molar-refractivity contribution in [3.8, 4) is 0 Å². The zero-order chi connectivity index (χ0) is 30.3. The smallest absolute Gasteiger partial charge is 0.328 e. The molecular formula is C35H55FN4O2. The molecule has 2 aromatic rings. The largest absolute Gasteiger partial charge is 0.459 e. The third kappa shape index (κ3) is 8.30. The summed E-state index contributed by atoms with van der Waals surface area (Å²) in [6.45, 7) is 14.0. The fraction of sp³-hybridized carbons (Fsp3) is 0.686. The maximum absolute atomic E-state index is 15.5. The Morgan fingerprint density at radius 2 is 1.98 bits per heavy atom. The molecule has 7 heteroatoms. The molecule has 0 radical (unpaired) electrons. The van der Waals surface area contributed by atoms with Crippen LogP contribution in [0, 0.1) is 12.8 Å². The molecule has 5 rings (SSSR count). The van der Waals surface area contributed by atoms with Crippen LogP contribution in [0.15, 0.2) is 24.4 Å². The number of anilines is 1. The van der Waals surface area contributed by atoms with E-state index in [4.69, 9.17) is 14.7 Å². The van der Waals surface area contributed by atoms with Crippen molar-refractivity contribution in [2.75, 3.05) is 25.0 Å². The molecular weight excluding hydrogens is 527 g/mol. The van der Waals surface area contributed by atoms with E-state index in [2.05, 4.69) is 28.4 Å². The summed E-state index contributed by atoms with van der Waals surface area (Å²) in [6, 6.07) is 5.89. The summed E-state index contributed by atoms with van der Waals surface area (Å²) in [5, 5.41) is 3.40. The first kappa shape index (κ1) is 32.4. The standard InChI is InChI=1S/C33H47FN4O2.C2H6.H2/c1-22-19-27(29(36-20-22)23-9-7-10-23)30(32(39)40-33(2,3)4)38-18-16-25(21-38)28(34)13-6-5-12-26-15-14-24-11-8-17-35-31(24)37-26;1-2;/h14-15,19-20,23,25,28,30H,5-13,16-18,21H2,1-4H3,(H,35,37);1-2H3;1H/t25-,28?,30?;;/m1../s1. The molecule has 3 atom stereocenters. The van der Waals surface area contributed by atoms with E-state index in [-0.39, 0.29) is 13.3 Å². The molecule has 3 aliphatic rings. The van der Waals surface area contributed by atoms with Crippen LogP contribution in [0.5, 0.6) is 0 Å². The van der Waals surface area contributed by atoms with E-state index in [1.54, 1.807) is 0 Å². The van der Waals surface area contributed by atoms with E-state index in [1.807, 2.05) is 47.7 Å². The molecule has 0 spiro atoms. The molecule has 0 bridgehead atoms. The molecule has 1 saturated heterocycles. The van der Waals surface area contributed by atoms with Gasteiger partial charge in [0.2, 0.25) is 0 Å². The first-order valence-corrected chi connectivity index (χ1v) is 16.5. The van der Waals surface area contributed by atoms with E-state index < -0.39 is 17.8 Å². The fourth-order valence-corrected chi connectivity index (χ4v) is 6.41. The van der Waals surface area contributed by atoms with E-state index in [1.165, 1.54) is 12.0 Å². The van der Waals surface area contributed by atoms with E-state index >= 15 is 4.39 Å². The number of unbranched alkanes of at least 4 members (excludes halogenated alkanes) is 1. The molecule has 1 aliphatic carbocycles. The predicted octanol–water partition coefficient (Wildman–Crippen LogP) is 8.14. The summed E-state index contributed by atoms with van der Waals surface area (Å²) in [5.74, 6) is 1.11. The number of alkyl halides is 1. The number of hydrogen-bond acceptors (Lipinski definition) is 6. The predicted molar refractivity (Wildman–Crippen MR) is 171 cm³/mol. The monoisotopic (exact) mass is 582 g/mol. The van der Waals surface area contributed by atoms with Crippen molar-refractivity contribution >= 4 is 11.8 Å². The van der Waals surface area contributed by atoms with Gasteiger partial charge in [0, 0.05) is 49.5 Å². The van der Waals surface area contributed by atoms with Crippen LogP contribution in [0.1, 0.15) is 127 Å². The molecule has 1 saturated carbocycles. The minimum Gasteiger partial charge on any atom is -0.459 e. The number of rotatable bonds is 10. The number of ether oxygens (including phenoxy) is 1. The molecule has 42 heavy (non-hydrogen) atoms. The van der Waals surface area contributed by atoms with Crippen molar-refractivity contribution in [2.45, 2.75) is 129 Å². The van der Waals surface area contributed by atoms with Crippen molar-refractivity contribution in [1.29, 1.82) is 0 Å². The number of aromatic nitrogens is 2. The Morgan fingerprint density at radius 3 is 2.69 bits per heavy atom. The zero-order valence-corrected chi connectivity index (χ0v) is 26.8. The molecule has 6 nitrogen and oxygen atoms in total. The number of likely N-dealkylation sites (tertiary alicyclic amines) is 1. The number of nitrogens with one attached hydrogen (secondary N) is 1. The Morgan fingerprint density at radius 1 is 1.19 bits per heavy atom. The zero-order valence-electron chi connectivity index (χ0n) is 26.8. The summed E-state index contributed by atoms with van der Waals surface area (Å²) in [7, 11) is 0. The van der Waals surface area contributed by atoms with Crippen LogP contribution in [0.3, 0.4) is 0 Å². The second-order valence-electron chi connectivity index (χ2n) is 13.2. The topological polar surface area (TPSA) is 67.3 Å². The van der Waals surface area contributed by atoms with Gasteiger partial charge in [0.05, 0.1) is 0 Å². The first-order valence-electron chi connectivity index (χ1n) is 16.5. The molecule has 2 fully saturated rings. The van der Waals surface area contributed by atoms with Gasteiger partial charge in [0.1, 0.15) is 23.6 Å². The minimum atomic E-state index is -0.871. The van der Waals surface area contributed by atoms with Crippen molar-refractivity contribution < 1.29 is 15.3 Å². The number of carbonyl (C=O) groups is 1. The molecule has 4 heterocycles. The quantitative estimate of drug-likeness (QED) is 0.225. The molecule has 0 aromatic carbocycles. The van der Waals surface area contributed by atoms with Gasteiger partial charge < -0.3 is 10.1 Å². The van der Waals surface area contributed by atoms with Gasteiger partial charge in [-0.15, -0.1) is 0 Å². The van der Waals surface area contributed by atoms with Crippen LogP contribution >= 0.6 is 0 Å². The normalized spacial score (nSPS) is 20.4. The van der Waals surface area contributed by atoms with Crippen LogP contribution in [-0.4, -0.2) is 52.2 Å². The maximum atomic E-state index is 15.5. The molecule has 1 N–H and O–H groups in total. The van der Waals surface area contributed by atoms with Crippen LogP contribution in [-0.2, 0) is 22.4 Å². The van der Waals surface area contributed by atoms with Crippen LogP contribution in [0.2, 0.25) is 0 Å². The van der Waals surface area contributed by atoms with Gasteiger partial charge in [-0.3, -0.25) is 9.88 Å². The van der Waals surface area contributed by atoms with E-state index in [0.717, 1.165) is 86.2 Å². The summed E-state index contributed by atoms with van der Waals surface area (Å²) in [6.07, 6.45) is 10.7. The van der Waals surface area contributed by atoms with Crippen molar-refractivity contribution in [3.05, 3.63) is 52.5 Å². The van der Waals surface area contributed by atoms with Gasteiger partial charge in [0.25, 0.3) is 0 Å². The Balaban J connectivity index is 0.00000165. The van der Waals surface area contributed by atoms with Crippen LogP contribution in [0.25, 0.3) is 0 Å². The number of nitrogens with zero attached hydrogens (tertiary/aromatic N) is 3. The van der Waals surface area contributed by atoms with Crippen molar-refractivity contribution in [3.63, 3.8) is 0 Å². The number of carbonyl (C=O) groups excluding carboxylic acids is 1. The molecule has 2 unspecified atom stereocenters. The van der Waals surface area contributed by atoms with Gasteiger partial charge in [-0.25, -0.2) is 14.2 Å². The lowest BCUT2D eigenvalue weighted by molar-refractivity contribution is -0.161. The Bertz CT molecular complexity index is 1180. The second-order valence-corrected chi connectivity index (χ2v) is 13.2. The van der Waals surface area contributed by atoms with Gasteiger partial charge in [-0.05, 0) is 103 Å². The summed E-state index contributed by atoms with van der Waals surface area (Å²) < 4.78 is 21.5. The van der Waals surface area contributed by atoms with E-state index in [9.17, 15) is 4.79 Å². The second kappa shape index (κ2) is 14.8. The molecule has 234 valence electrons. The first-order chi connectivity index (χ1) is 20.2. The number of hydrogen-bond donors (Lipinski definition) is 1. The minimum absolute atomic E-state index is 0. The van der Waals surface area contributed by atoms with Gasteiger partial charge in [0.15, 0.2) is 0 Å². The van der Waals surface area contributed by atoms with Crippen molar-refractivity contribution in [1.82, 2.24) is 14.9 Å². The third-order valence-electron chi connectivity index (χ3n) is 8.75. The highest BCUT2D eigenvalue weighted by Crippen LogP contribution is 2.42. The van der Waals surface area contributed by atoms with Crippen LogP contribution in [0.4, 0.5) is 10.2 Å². The summed E-state index contributed by atoms with van der Waals surface area (Å²) in [4.78, 5) is 25.4. The average molecular weight is 583 g/mol. The lowest BCUT2D eigenvalue weighted by Gasteiger charge is -2.34. The highest BCUT2D eigenvalue weighted by atomic mass is 19.1. The number of pyridine rings is 2. The average Bonchev–Trinajstić information content (AvgIpc) is 3.41. The maximum Gasteiger partial charge on any atom is 0.328 e. The third-order valence-corrected chi connectivity index (χ3v) is 8.75. The lowest BCUT2D eigenvalue weighted by atomic mass is 9.79. The number of fused-ring (bicyclic) bond motifs is 1. The number of halogens is 1. The molecule has 0 amide bonds. The van der Waals surface area contributed by atoms with Gasteiger partial charge in [-0.1, -0.05) is 38.8 Å². The van der Waals surface area contributed by atoms with E-state index in [0.29, 0.717) is 25.4 Å². The number of esters is 1. The Kier molecular flexibility index (Phi) is 11.4.